The summed E-state index contributed by atoms with van der Waals surface area (Å²) in [5, 5.41) is 4.96. The summed E-state index contributed by atoms with van der Waals surface area (Å²) < 4.78 is 0. The van der Waals surface area contributed by atoms with Crippen molar-refractivity contribution in [2.45, 2.75) is 25.8 Å². The molecule has 0 aliphatic carbocycles. The maximum Gasteiger partial charge on any atom is 0.246 e. The number of hydrogen-bond donors (Lipinski definition) is 1. The molecular weight excluding hydrogens is 236 g/mol. The minimum atomic E-state index is -0.198. The summed E-state index contributed by atoms with van der Waals surface area (Å²) in [6.07, 6.45) is 1.48. The first-order chi connectivity index (χ1) is 8.22. The van der Waals surface area contributed by atoms with Crippen LogP contribution in [0.4, 0.5) is 0 Å². The summed E-state index contributed by atoms with van der Waals surface area (Å²) in [6, 6.07) is 3.81. The second-order valence-electron chi connectivity index (χ2n) is 4.05. The van der Waals surface area contributed by atoms with Gasteiger partial charge in [-0.15, -0.1) is 11.3 Å². The average molecular weight is 252 g/mol. The summed E-state index contributed by atoms with van der Waals surface area (Å²) in [5.41, 5.74) is 0. The molecule has 4 nitrogen and oxygen atoms in total. The van der Waals surface area contributed by atoms with E-state index >= 15 is 0 Å². The quantitative estimate of drug-likeness (QED) is 0.814. The Kier molecular flexibility index (Phi) is 3.91. The Labute approximate surface area is 105 Å². The third kappa shape index (κ3) is 2.73. The molecule has 92 valence electrons. The van der Waals surface area contributed by atoms with Gasteiger partial charge in [0.15, 0.2) is 0 Å². The first-order valence-electron chi connectivity index (χ1n) is 5.82. The van der Waals surface area contributed by atoms with Crippen LogP contribution in [0.2, 0.25) is 0 Å². The molecule has 0 saturated carbocycles. The summed E-state index contributed by atoms with van der Waals surface area (Å²) in [6.45, 7) is 2.72. The second-order valence-corrected chi connectivity index (χ2v) is 5.09. The van der Waals surface area contributed by atoms with Crippen molar-refractivity contribution in [1.82, 2.24) is 10.2 Å². The number of imide groups is 1. The van der Waals surface area contributed by atoms with Gasteiger partial charge in [-0.3, -0.25) is 19.8 Å². The highest BCUT2D eigenvalue weighted by molar-refractivity contribution is 7.09. The summed E-state index contributed by atoms with van der Waals surface area (Å²) >= 11 is 1.66. The van der Waals surface area contributed by atoms with Crippen LogP contribution < -0.4 is 5.32 Å². The van der Waals surface area contributed by atoms with E-state index in [0.717, 1.165) is 12.8 Å². The van der Waals surface area contributed by atoms with Crippen molar-refractivity contribution in [2.24, 2.45) is 0 Å². The van der Waals surface area contributed by atoms with Crippen LogP contribution in [-0.4, -0.2) is 35.8 Å². The molecule has 1 aromatic heterocycles. The van der Waals surface area contributed by atoms with Crippen molar-refractivity contribution >= 4 is 23.2 Å². The van der Waals surface area contributed by atoms with E-state index in [-0.39, 0.29) is 24.4 Å². The van der Waals surface area contributed by atoms with Gasteiger partial charge in [0.1, 0.15) is 0 Å². The highest BCUT2D eigenvalue weighted by atomic mass is 32.1. The van der Waals surface area contributed by atoms with Crippen LogP contribution in [0.5, 0.6) is 0 Å². The molecule has 1 atom stereocenters. The standard InChI is InChI=1S/C12H16N2O2S/c1-2-10-12(16)14(11(15)8-13-10)6-5-9-4-3-7-17-9/h3-4,7,10,13H,2,5-6,8H2,1H3. The third-order valence-electron chi connectivity index (χ3n) is 2.94. The third-order valence-corrected chi connectivity index (χ3v) is 3.87. The predicted molar refractivity (Wildman–Crippen MR) is 66.8 cm³/mol. The molecule has 1 N–H and O–H groups in total. The molecule has 2 heterocycles. The molecule has 1 aliphatic rings. The first-order valence-corrected chi connectivity index (χ1v) is 6.70. The van der Waals surface area contributed by atoms with Gasteiger partial charge in [0, 0.05) is 11.4 Å². The SMILES string of the molecule is CCC1NCC(=O)N(CCc2cccs2)C1=O. The van der Waals surface area contributed by atoms with E-state index in [1.165, 1.54) is 9.78 Å². The number of piperazine rings is 1. The fourth-order valence-corrected chi connectivity index (χ4v) is 2.63. The number of amides is 2. The number of thiophene rings is 1. The Hall–Kier alpha value is -1.20. The Morgan fingerprint density at radius 2 is 2.35 bits per heavy atom. The topological polar surface area (TPSA) is 49.4 Å². The molecule has 1 fully saturated rings. The number of carbonyl (C=O) groups excluding carboxylic acids is 2. The zero-order valence-electron chi connectivity index (χ0n) is 9.81. The van der Waals surface area contributed by atoms with Crippen LogP contribution in [0.3, 0.4) is 0 Å². The largest absolute Gasteiger partial charge is 0.297 e. The van der Waals surface area contributed by atoms with Gasteiger partial charge >= 0.3 is 0 Å². The number of nitrogens with one attached hydrogen (secondary N) is 1. The van der Waals surface area contributed by atoms with Crippen molar-refractivity contribution < 1.29 is 9.59 Å². The number of carbonyl (C=O) groups is 2. The minimum Gasteiger partial charge on any atom is -0.297 e. The smallest absolute Gasteiger partial charge is 0.246 e. The van der Waals surface area contributed by atoms with Crippen LogP contribution in [0.15, 0.2) is 17.5 Å². The molecule has 1 aliphatic heterocycles. The molecule has 2 rings (SSSR count). The van der Waals surface area contributed by atoms with Gasteiger partial charge in [-0.25, -0.2) is 0 Å². The van der Waals surface area contributed by atoms with Gasteiger partial charge in [-0.1, -0.05) is 13.0 Å². The Balaban J connectivity index is 1.97. The summed E-state index contributed by atoms with van der Waals surface area (Å²) in [7, 11) is 0. The molecule has 0 spiro atoms. The van der Waals surface area contributed by atoms with Crippen LogP contribution in [0.25, 0.3) is 0 Å². The van der Waals surface area contributed by atoms with Crippen molar-refractivity contribution in [3.8, 4) is 0 Å². The van der Waals surface area contributed by atoms with Crippen LogP contribution in [0, 0.1) is 0 Å². The fourth-order valence-electron chi connectivity index (χ4n) is 1.93. The molecule has 1 unspecified atom stereocenters. The lowest BCUT2D eigenvalue weighted by molar-refractivity contribution is -0.149. The summed E-state index contributed by atoms with van der Waals surface area (Å²) in [4.78, 5) is 26.2. The van der Waals surface area contributed by atoms with E-state index in [9.17, 15) is 9.59 Å². The van der Waals surface area contributed by atoms with E-state index in [1.54, 1.807) is 11.3 Å². The van der Waals surface area contributed by atoms with Gasteiger partial charge in [0.25, 0.3) is 0 Å². The molecule has 2 amide bonds. The van der Waals surface area contributed by atoms with Crippen molar-refractivity contribution in [3.05, 3.63) is 22.4 Å². The second kappa shape index (κ2) is 5.42. The van der Waals surface area contributed by atoms with Crippen LogP contribution >= 0.6 is 11.3 Å². The summed E-state index contributed by atoms with van der Waals surface area (Å²) in [5.74, 6) is -0.198. The predicted octanol–water partition coefficient (Wildman–Crippen LogP) is 1.03. The molecule has 0 radical (unpaired) electrons. The van der Waals surface area contributed by atoms with E-state index in [0.29, 0.717) is 6.54 Å². The lowest BCUT2D eigenvalue weighted by Gasteiger charge is -2.30. The normalized spacial score (nSPS) is 21.0. The molecule has 0 bridgehead atoms. The Morgan fingerprint density at radius 1 is 1.53 bits per heavy atom. The Bertz CT molecular complexity index is 403. The molecule has 1 saturated heterocycles. The maximum atomic E-state index is 12.0. The van der Waals surface area contributed by atoms with Gasteiger partial charge < -0.3 is 0 Å². The molecule has 1 aromatic rings. The Morgan fingerprint density at radius 3 is 3.00 bits per heavy atom. The van der Waals surface area contributed by atoms with Crippen molar-refractivity contribution in [2.75, 3.05) is 13.1 Å². The zero-order valence-corrected chi connectivity index (χ0v) is 10.6. The van der Waals surface area contributed by atoms with Gasteiger partial charge in [0.2, 0.25) is 11.8 Å². The van der Waals surface area contributed by atoms with Crippen molar-refractivity contribution in [3.63, 3.8) is 0 Å². The van der Waals surface area contributed by atoms with Gasteiger partial charge in [-0.05, 0) is 24.3 Å². The van der Waals surface area contributed by atoms with Crippen LogP contribution in [-0.2, 0) is 16.0 Å². The molecule has 17 heavy (non-hydrogen) atoms. The van der Waals surface area contributed by atoms with Crippen LogP contribution in [0.1, 0.15) is 18.2 Å². The number of nitrogens with zero attached hydrogens (tertiary/aromatic N) is 1. The van der Waals surface area contributed by atoms with E-state index < -0.39 is 0 Å². The minimum absolute atomic E-state index is 0.0830. The lowest BCUT2D eigenvalue weighted by Crippen LogP contribution is -2.58. The average Bonchev–Trinajstić information content (AvgIpc) is 2.82. The van der Waals surface area contributed by atoms with E-state index in [1.807, 2.05) is 24.4 Å². The zero-order chi connectivity index (χ0) is 12.3. The lowest BCUT2D eigenvalue weighted by atomic mass is 10.1. The molecular formula is C12H16N2O2S. The molecule has 5 heteroatoms. The molecule has 0 aromatic carbocycles. The maximum absolute atomic E-state index is 12.0. The number of hydrogen-bond acceptors (Lipinski definition) is 4. The monoisotopic (exact) mass is 252 g/mol. The highest BCUT2D eigenvalue weighted by Gasteiger charge is 2.32. The van der Waals surface area contributed by atoms with E-state index in [4.69, 9.17) is 0 Å². The number of rotatable bonds is 4. The van der Waals surface area contributed by atoms with Crippen molar-refractivity contribution in [1.29, 1.82) is 0 Å². The fraction of sp³-hybridized carbons (Fsp3) is 0.500. The van der Waals surface area contributed by atoms with Gasteiger partial charge in [-0.2, -0.15) is 0 Å². The van der Waals surface area contributed by atoms with Gasteiger partial charge in [0.05, 0.1) is 12.6 Å². The highest BCUT2D eigenvalue weighted by Crippen LogP contribution is 2.12. The van der Waals surface area contributed by atoms with E-state index in [2.05, 4.69) is 5.32 Å². The first kappa shape index (κ1) is 12.3.